The molecular weight excluding hydrogens is 224 g/mol. The monoisotopic (exact) mass is 235 g/mol. The van der Waals surface area contributed by atoms with Crippen molar-refractivity contribution in [2.45, 2.75) is 19.4 Å². The standard InChI is InChI=1S/C10H12ClF2NO/c1-5(14)3-6-9(13)8(12)4-7(11)10(6)15-2/h4-5H,3,14H2,1-2H3. The van der Waals surface area contributed by atoms with Gasteiger partial charge in [0.05, 0.1) is 12.1 Å². The van der Waals surface area contributed by atoms with Crippen LogP contribution in [0.2, 0.25) is 5.02 Å². The molecule has 5 heteroatoms. The van der Waals surface area contributed by atoms with Gasteiger partial charge in [0.15, 0.2) is 11.6 Å². The Morgan fingerprint density at radius 3 is 2.60 bits per heavy atom. The summed E-state index contributed by atoms with van der Waals surface area (Å²) in [5, 5.41) is 0.0482. The van der Waals surface area contributed by atoms with Gasteiger partial charge in [-0.25, -0.2) is 8.78 Å². The first kappa shape index (κ1) is 12.2. The number of hydrogen-bond acceptors (Lipinski definition) is 2. The lowest BCUT2D eigenvalue weighted by Gasteiger charge is -2.13. The van der Waals surface area contributed by atoms with E-state index in [-0.39, 0.29) is 28.8 Å². The molecule has 84 valence electrons. The predicted octanol–water partition coefficient (Wildman–Crippen LogP) is 2.52. The normalized spacial score (nSPS) is 12.7. The van der Waals surface area contributed by atoms with Gasteiger partial charge in [0.1, 0.15) is 5.75 Å². The maximum atomic E-state index is 13.4. The van der Waals surface area contributed by atoms with Gasteiger partial charge in [-0.3, -0.25) is 0 Å². The van der Waals surface area contributed by atoms with Crippen LogP contribution in [0.1, 0.15) is 12.5 Å². The third kappa shape index (κ3) is 2.58. The Labute approximate surface area is 92.0 Å². The van der Waals surface area contributed by atoms with Crippen molar-refractivity contribution >= 4 is 11.6 Å². The Morgan fingerprint density at radius 2 is 2.13 bits per heavy atom. The second-order valence-corrected chi connectivity index (χ2v) is 3.75. The Balaban J connectivity index is 3.30. The number of rotatable bonds is 3. The molecule has 0 saturated carbocycles. The van der Waals surface area contributed by atoms with E-state index in [0.29, 0.717) is 0 Å². The quantitative estimate of drug-likeness (QED) is 0.817. The van der Waals surface area contributed by atoms with Crippen LogP contribution in [-0.4, -0.2) is 13.2 Å². The van der Waals surface area contributed by atoms with Gasteiger partial charge in [-0.2, -0.15) is 0 Å². The number of hydrogen-bond donors (Lipinski definition) is 1. The summed E-state index contributed by atoms with van der Waals surface area (Å²) in [6.45, 7) is 1.69. The fraction of sp³-hybridized carbons (Fsp3) is 0.400. The highest BCUT2D eigenvalue weighted by Crippen LogP contribution is 2.32. The van der Waals surface area contributed by atoms with Crippen molar-refractivity contribution in [2.75, 3.05) is 7.11 Å². The molecule has 0 heterocycles. The van der Waals surface area contributed by atoms with Gasteiger partial charge >= 0.3 is 0 Å². The fourth-order valence-electron chi connectivity index (χ4n) is 1.35. The van der Waals surface area contributed by atoms with E-state index in [2.05, 4.69) is 0 Å². The van der Waals surface area contributed by atoms with Crippen molar-refractivity contribution < 1.29 is 13.5 Å². The number of methoxy groups -OCH3 is 1. The molecule has 2 nitrogen and oxygen atoms in total. The molecule has 1 unspecified atom stereocenters. The lowest BCUT2D eigenvalue weighted by molar-refractivity contribution is 0.396. The first-order valence-corrected chi connectivity index (χ1v) is 4.81. The van der Waals surface area contributed by atoms with E-state index < -0.39 is 11.6 Å². The maximum Gasteiger partial charge on any atom is 0.165 e. The van der Waals surface area contributed by atoms with Gasteiger partial charge in [-0.15, -0.1) is 0 Å². The molecular formula is C10H12ClF2NO. The highest BCUT2D eigenvalue weighted by molar-refractivity contribution is 6.32. The topological polar surface area (TPSA) is 35.2 Å². The SMILES string of the molecule is COc1c(Cl)cc(F)c(F)c1CC(C)N. The van der Waals surface area contributed by atoms with E-state index in [1.807, 2.05) is 0 Å². The van der Waals surface area contributed by atoms with E-state index in [4.69, 9.17) is 22.1 Å². The average molecular weight is 236 g/mol. The zero-order valence-corrected chi connectivity index (χ0v) is 9.24. The van der Waals surface area contributed by atoms with Crippen LogP contribution < -0.4 is 10.5 Å². The summed E-state index contributed by atoms with van der Waals surface area (Å²) in [5.74, 6) is -1.79. The molecule has 0 aliphatic carbocycles. The van der Waals surface area contributed by atoms with Crippen molar-refractivity contribution in [2.24, 2.45) is 5.73 Å². The maximum absolute atomic E-state index is 13.4. The molecule has 0 bridgehead atoms. The molecule has 1 aromatic rings. The molecule has 1 aromatic carbocycles. The van der Waals surface area contributed by atoms with Crippen molar-refractivity contribution in [1.29, 1.82) is 0 Å². The Hall–Kier alpha value is -0.870. The summed E-state index contributed by atoms with van der Waals surface area (Å²) >= 11 is 5.72. The van der Waals surface area contributed by atoms with Crippen molar-refractivity contribution in [1.82, 2.24) is 0 Å². The molecule has 0 aromatic heterocycles. The lowest BCUT2D eigenvalue weighted by Crippen LogP contribution is -2.19. The minimum atomic E-state index is -0.989. The van der Waals surface area contributed by atoms with Crippen LogP contribution in [0.25, 0.3) is 0 Å². The third-order valence-electron chi connectivity index (χ3n) is 1.95. The molecule has 15 heavy (non-hydrogen) atoms. The van der Waals surface area contributed by atoms with Gasteiger partial charge in [-0.05, 0) is 19.4 Å². The summed E-state index contributed by atoms with van der Waals surface area (Å²) in [4.78, 5) is 0. The van der Waals surface area contributed by atoms with Crippen LogP contribution in [0, 0.1) is 11.6 Å². The molecule has 0 radical (unpaired) electrons. The highest BCUT2D eigenvalue weighted by atomic mass is 35.5. The molecule has 0 fully saturated rings. The summed E-state index contributed by atoms with van der Waals surface area (Å²) < 4.78 is 31.4. The van der Waals surface area contributed by atoms with Gasteiger partial charge < -0.3 is 10.5 Å². The minimum Gasteiger partial charge on any atom is -0.495 e. The molecule has 0 aliphatic heterocycles. The zero-order valence-electron chi connectivity index (χ0n) is 8.48. The molecule has 1 rings (SSSR count). The van der Waals surface area contributed by atoms with E-state index in [0.717, 1.165) is 6.07 Å². The number of benzene rings is 1. The van der Waals surface area contributed by atoms with Gasteiger partial charge in [0.2, 0.25) is 0 Å². The first-order chi connectivity index (χ1) is 6.97. The number of ether oxygens (including phenoxy) is 1. The van der Waals surface area contributed by atoms with Crippen LogP contribution in [0.4, 0.5) is 8.78 Å². The first-order valence-electron chi connectivity index (χ1n) is 4.43. The van der Waals surface area contributed by atoms with E-state index in [1.54, 1.807) is 6.92 Å². The molecule has 0 spiro atoms. The number of halogens is 3. The Kier molecular flexibility index (Phi) is 3.88. The predicted molar refractivity (Wildman–Crippen MR) is 55.3 cm³/mol. The van der Waals surface area contributed by atoms with Crippen LogP contribution in [0.5, 0.6) is 5.75 Å². The van der Waals surface area contributed by atoms with E-state index in [1.165, 1.54) is 7.11 Å². The second-order valence-electron chi connectivity index (χ2n) is 3.35. The second kappa shape index (κ2) is 4.77. The number of nitrogens with two attached hydrogens (primary N) is 1. The fourth-order valence-corrected chi connectivity index (χ4v) is 1.64. The zero-order chi connectivity index (χ0) is 11.6. The van der Waals surface area contributed by atoms with Gasteiger partial charge in [0, 0.05) is 11.6 Å². The van der Waals surface area contributed by atoms with Crippen molar-refractivity contribution in [3.63, 3.8) is 0 Å². The molecule has 0 amide bonds. The molecule has 0 saturated heterocycles. The van der Waals surface area contributed by atoms with Crippen LogP contribution >= 0.6 is 11.6 Å². The van der Waals surface area contributed by atoms with Gasteiger partial charge in [-0.1, -0.05) is 11.6 Å². The Bertz CT molecular complexity index is 369. The smallest absolute Gasteiger partial charge is 0.165 e. The molecule has 2 N–H and O–H groups in total. The van der Waals surface area contributed by atoms with Gasteiger partial charge in [0.25, 0.3) is 0 Å². The lowest BCUT2D eigenvalue weighted by atomic mass is 10.1. The Morgan fingerprint density at radius 1 is 1.53 bits per heavy atom. The average Bonchev–Trinajstić information content (AvgIpc) is 2.13. The van der Waals surface area contributed by atoms with E-state index >= 15 is 0 Å². The van der Waals surface area contributed by atoms with E-state index in [9.17, 15) is 8.78 Å². The van der Waals surface area contributed by atoms with Crippen LogP contribution in [0.15, 0.2) is 6.07 Å². The molecule has 0 aliphatic rings. The molecule has 1 atom stereocenters. The summed E-state index contributed by atoms with van der Waals surface area (Å²) in [6.07, 6.45) is 0.173. The van der Waals surface area contributed by atoms with Crippen LogP contribution in [-0.2, 0) is 6.42 Å². The highest BCUT2D eigenvalue weighted by Gasteiger charge is 2.19. The summed E-state index contributed by atoms with van der Waals surface area (Å²) in [6, 6.07) is 0.590. The van der Waals surface area contributed by atoms with Crippen molar-refractivity contribution in [3.8, 4) is 5.75 Å². The summed E-state index contributed by atoms with van der Waals surface area (Å²) in [7, 11) is 1.35. The van der Waals surface area contributed by atoms with Crippen LogP contribution in [0.3, 0.4) is 0 Å². The minimum absolute atomic E-state index is 0.0482. The largest absolute Gasteiger partial charge is 0.495 e. The summed E-state index contributed by atoms with van der Waals surface area (Å²) in [5.41, 5.74) is 5.61. The van der Waals surface area contributed by atoms with Crippen molar-refractivity contribution in [3.05, 3.63) is 28.3 Å². The third-order valence-corrected chi connectivity index (χ3v) is 2.23.